The maximum Gasteiger partial charge on any atom is 0.286 e. The SMILES string of the molecule is NC(=O)c1nccc(-c2cc(F)c(F)c(F)c2)n1. The molecule has 2 aromatic rings. The third kappa shape index (κ3) is 2.15. The zero-order valence-corrected chi connectivity index (χ0v) is 8.82. The first-order valence-electron chi connectivity index (χ1n) is 4.77. The predicted molar refractivity (Wildman–Crippen MR) is 55.9 cm³/mol. The van der Waals surface area contributed by atoms with Crippen LogP contribution in [-0.4, -0.2) is 15.9 Å². The lowest BCUT2D eigenvalue weighted by molar-refractivity contribution is 0.0990. The van der Waals surface area contributed by atoms with E-state index in [4.69, 9.17) is 5.73 Å². The molecule has 0 saturated carbocycles. The lowest BCUT2D eigenvalue weighted by Crippen LogP contribution is -2.15. The third-order valence-corrected chi connectivity index (χ3v) is 2.16. The van der Waals surface area contributed by atoms with Crippen molar-refractivity contribution in [3.63, 3.8) is 0 Å². The van der Waals surface area contributed by atoms with Gasteiger partial charge >= 0.3 is 0 Å². The van der Waals surface area contributed by atoms with Gasteiger partial charge in [0.15, 0.2) is 17.5 Å². The molecular weight excluding hydrogens is 247 g/mol. The van der Waals surface area contributed by atoms with Crippen molar-refractivity contribution in [2.24, 2.45) is 5.73 Å². The molecule has 1 aromatic heterocycles. The van der Waals surface area contributed by atoms with Crippen LogP contribution in [0.4, 0.5) is 13.2 Å². The highest BCUT2D eigenvalue weighted by molar-refractivity contribution is 5.89. The molecule has 0 unspecified atom stereocenters. The quantitative estimate of drug-likeness (QED) is 0.827. The summed E-state index contributed by atoms with van der Waals surface area (Å²) in [5.74, 6) is -5.42. The largest absolute Gasteiger partial charge is 0.363 e. The van der Waals surface area contributed by atoms with E-state index >= 15 is 0 Å². The fourth-order valence-electron chi connectivity index (χ4n) is 1.34. The van der Waals surface area contributed by atoms with Gasteiger partial charge in [0.25, 0.3) is 5.91 Å². The maximum atomic E-state index is 13.0. The number of carbonyl (C=O) groups excluding carboxylic acids is 1. The predicted octanol–water partition coefficient (Wildman–Crippen LogP) is 1.66. The van der Waals surface area contributed by atoms with E-state index in [1.54, 1.807) is 0 Å². The Balaban J connectivity index is 2.55. The Hall–Kier alpha value is -2.44. The van der Waals surface area contributed by atoms with Crippen molar-refractivity contribution in [1.82, 2.24) is 9.97 Å². The lowest BCUT2D eigenvalue weighted by atomic mass is 10.1. The molecule has 18 heavy (non-hydrogen) atoms. The molecule has 0 saturated heterocycles. The first kappa shape index (κ1) is 12.0. The van der Waals surface area contributed by atoms with Crippen LogP contribution in [0.3, 0.4) is 0 Å². The molecule has 2 N–H and O–H groups in total. The normalized spacial score (nSPS) is 10.4. The Bertz CT molecular complexity index is 608. The van der Waals surface area contributed by atoms with Crippen molar-refractivity contribution in [3.8, 4) is 11.3 Å². The van der Waals surface area contributed by atoms with Crippen LogP contribution in [-0.2, 0) is 0 Å². The van der Waals surface area contributed by atoms with E-state index < -0.39 is 23.4 Å². The van der Waals surface area contributed by atoms with Crippen LogP contribution in [0.1, 0.15) is 10.6 Å². The number of rotatable bonds is 2. The van der Waals surface area contributed by atoms with Crippen LogP contribution < -0.4 is 5.73 Å². The third-order valence-electron chi connectivity index (χ3n) is 2.16. The fourth-order valence-corrected chi connectivity index (χ4v) is 1.34. The Kier molecular flexibility index (Phi) is 2.97. The molecule has 1 heterocycles. The molecule has 0 bridgehead atoms. The number of hydrogen-bond donors (Lipinski definition) is 1. The molecule has 92 valence electrons. The second kappa shape index (κ2) is 4.44. The second-order valence-corrected chi connectivity index (χ2v) is 3.38. The standard InChI is InChI=1S/C11H6F3N3O/c12-6-3-5(4-7(13)9(6)14)8-1-2-16-11(17-8)10(15)18/h1-4H,(H2,15,18). The van der Waals surface area contributed by atoms with E-state index in [1.165, 1.54) is 12.3 Å². The van der Waals surface area contributed by atoms with Crippen molar-refractivity contribution in [2.45, 2.75) is 0 Å². The van der Waals surface area contributed by atoms with Crippen LogP contribution in [0.15, 0.2) is 24.4 Å². The molecule has 1 aromatic carbocycles. The molecular formula is C11H6F3N3O. The summed E-state index contributed by atoms with van der Waals surface area (Å²) in [6, 6.07) is 2.86. The number of carbonyl (C=O) groups is 1. The fraction of sp³-hybridized carbons (Fsp3) is 0. The summed E-state index contributed by atoms with van der Waals surface area (Å²) in [6.45, 7) is 0. The summed E-state index contributed by atoms with van der Waals surface area (Å²) in [5, 5.41) is 0. The number of amides is 1. The minimum Gasteiger partial charge on any atom is -0.363 e. The molecule has 1 amide bonds. The van der Waals surface area contributed by atoms with Crippen molar-refractivity contribution in [1.29, 1.82) is 0 Å². The maximum absolute atomic E-state index is 13.0. The topological polar surface area (TPSA) is 68.9 Å². The van der Waals surface area contributed by atoms with Crippen LogP contribution in [0.25, 0.3) is 11.3 Å². The molecule has 0 spiro atoms. The number of nitrogens with zero attached hydrogens (tertiary/aromatic N) is 2. The van der Waals surface area contributed by atoms with E-state index in [0.717, 1.165) is 12.1 Å². The number of benzene rings is 1. The van der Waals surface area contributed by atoms with E-state index in [-0.39, 0.29) is 17.1 Å². The Morgan fingerprint density at radius 3 is 2.33 bits per heavy atom. The van der Waals surface area contributed by atoms with Crippen molar-refractivity contribution >= 4 is 5.91 Å². The summed E-state index contributed by atoms with van der Waals surface area (Å²) in [4.78, 5) is 18.2. The zero-order valence-electron chi connectivity index (χ0n) is 8.82. The highest BCUT2D eigenvalue weighted by Gasteiger charge is 2.13. The van der Waals surface area contributed by atoms with Crippen LogP contribution in [0.2, 0.25) is 0 Å². The molecule has 2 rings (SSSR count). The van der Waals surface area contributed by atoms with Gasteiger partial charge in [-0.2, -0.15) is 0 Å². The second-order valence-electron chi connectivity index (χ2n) is 3.38. The van der Waals surface area contributed by atoms with Gasteiger partial charge in [0.05, 0.1) is 5.69 Å². The first-order valence-corrected chi connectivity index (χ1v) is 4.77. The minimum atomic E-state index is -1.57. The van der Waals surface area contributed by atoms with Crippen molar-refractivity contribution < 1.29 is 18.0 Å². The van der Waals surface area contributed by atoms with Crippen LogP contribution >= 0.6 is 0 Å². The average Bonchev–Trinajstić information content (AvgIpc) is 2.35. The summed E-state index contributed by atoms with van der Waals surface area (Å²) >= 11 is 0. The van der Waals surface area contributed by atoms with Crippen LogP contribution in [0.5, 0.6) is 0 Å². The van der Waals surface area contributed by atoms with Crippen LogP contribution in [0, 0.1) is 17.5 Å². The number of nitrogens with two attached hydrogens (primary N) is 1. The molecule has 4 nitrogen and oxygen atoms in total. The summed E-state index contributed by atoms with van der Waals surface area (Å²) in [5.41, 5.74) is 5.02. The van der Waals surface area contributed by atoms with Gasteiger partial charge in [-0.15, -0.1) is 0 Å². The van der Waals surface area contributed by atoms with Gasteiger partial charge in [-0.3, -0.25) is 4.79 Å². The van der Waals surface area contributed by atoms with Crippen molar-refractivity contribution in [3.05, 3.63) is 47.7 Å². The number of aromatic nitrogens is 2. The Morgan fingerprint density at radius 2 is 1.78 bits per heavy atom. The molecule has 0 atom stereocenters. The molecule has 0 aliphatic carbocycles. The lowest BCUT2D eigenvalue weighted by Gasteiger charge is -2.03. The summed E-state index contributed by atoms with van der Waals surface area (Å²) in [7, 11) is 0. The Labute approximate surface area is 99.3 Å². The molecule has 0 radical (unpaired) electrons. The van der Waals surface area contributed by atoms with E-state index in [9.17, 15) is 18.0 Å². The van der Waals surface area contributed by atoms with Gasteiger partial charge in [0, 0.05) is 11.8 Å². The number of hydrogen-bond acceptors (Lipinski definition) is 3. The van der Waals surface area contributed by atoms with E-state index in [1.807, 2.05) is 0 Å². The number of halogens is 3. The van der Waals surface area contributed by atoms with Crippen molar-refractivity contribution in [2.75, 3.05) is 0 Å². The monoisotopic (exact) mass is 253 g/mol. The molecule has 0 aliphatic heterocycles. The van der Waals surface area contributed by atoms with Gasteiger partial charge in [0.1, 0.15) is 0 Å². The van der Waals surface area contributed by atoms with Gasteiger partial charge in [-0.25, -0.2) is 23.1 Å². The molecule has 0 aliphatic rings. The van der Waals surface area contributed by atoms with Gasteiger partial charge in [0.2, 0.25) is 5.82 Å². The van der Waals surface area contributed by atoms with Gasteiger partial charge in [-0.05, 0) is 18.2 Å². The Morgan fingerprint density at radius 1 is 1.17 bits per heavy atom. The minimum absolute atomic E-state index is 0.0173. The summed E-state index contributed by atoms with van der Waals surface area (Å²) in [6.07, 6.45) is 1.21. The molecule has 7 heteroatoms. The highest BCUT2D eigenvalue weighted by Crippen LogP contribution is 2.21. The highest BCUT2D eigenvalue weighted by atomic mass is 19.2. The van der Waals surface area contributed by atoms with E-state index in [2.05, 4.69) is 9.97 Å². The smallest absolute Gasteiger partial charge is 0.286 e. The van der Waals surface area contributed by atoms with E-state index in [0.29, 0.717) is 0 Å². The van der Waals surface area contributed by atoms with Gasteiger partial charge < -0.3 is 5.73 Å². The first-order chi connectivity index (χ1) is 8.49. The average molecular weight is 253 g/mol. The molecule has 0 fully saturated rings. The zero-order chi connectivity index (χ0) is 13.3. The van der Waals surface area contributed by atoms with Gasteiger partial charge in [-0.1, -0.05) is 0 Å². The summed E-state index contributed by atoms with van der Waals surface area (Å²) < 4.78 is 38.8. The number of primary amides is 1.